The lowest BCUT2D eigenvalue weighted by Crippen LogP contribution is -2.49. The fourth-order valence-electron chi connectivity index (χ4n) is 2.64. The predicted molar refractivity (Wildman–Crippen MR) is 58.7 cm³/mol. The van der Waals surface area contributed by atoms with Crippen molar-refractivity contribution in [2.75, 3.05) is 11.6 Å². The lowest BCUT2D eigenvalue weighted by atomic mass is 9.95. The first-order valence-corrected chi connectivity index (χ1v) is 6.75. The van der Waals surface area contributed by atoms with Gasteiger partial charge in [-0.2, -0.15) is 0 Å². The smallest absolute Gasteiger partial charge is 0.238 e. The van der Waals surface area contributed by atoms with Crippen LogP contribution in [0.4, 0.5) is 0 Å². The molecule has 0 aliphatic carbocycles. The second-order valence-electron chi connectivity index (χ2n) is 4.50. The highest BCUT2D eigenvalue weighted by atomic mass is 32.2. The molecule has 4 nitrogen and oxygen atoms in total. The van der Waals surface area contributed by atoms with Crippen LogP contribution < -0.4 is 10.6 Å². The van der Waals surface area contributed by atoms with Crippen LogP contribution in [-0.2, 0) is 9.53 Å². The molecule has 0 aromatic carbocycles. The standard InChI is InChI=1S/C10H16N2O2S/c13-10(8-4-15-5-11-8)12-7-3-6-1-2-9(7)14-6/h6-9,11H,1-5H2,(H,12,13). The second-order valence-corrected chi connectivity index (χ2v) is 5.53. The summed E-state index contributed by atoms with van der Waals surface area (Å²) in [4.78, 5) is 11.8. The molecular formula is C10H16N2O2S. The van der Waals surface area contributed by atoms with Crippen LogP contribution in [0.3, 0.4) is 0 Å². The van der Waals surface area contributed by atoms with Crippen LogP contribution in [0.25, 0.3) is 0 Å². The number of thioether (sulfide) groups is 1. The molecular weight excluding hydrogens is 212 g/mol. The van der Waals surface area contributed by atoms with Gasteiger partial charge in [-0.3, -0.25) is 10.1 Å². The van der Waals surface area contributed by atoms with Gasteiger partial charge < -0.3 is 10.1 Å². The highest BCUT2D eigenvalue weighted by Crippen LogP contribution is 2.34. The van der Waals surface area contributed by atoms with Crippen LogP contribution >= 0.6 is 11.8 Å². The summed E-state index contributed by atoms with van der Waals surface area (Å²) in [6.45, 7) is 0. The predicted octanol–water partition coefficient (Wildman–Crippen LogP) is 0.0850. The molecule has 3 aliphatic heterocycles. The van der Waals surface area contributed by atoms with E-state index in [0.717, 1.165) is 24.5 Å². The van der Waals surface area contributed by atoms with Crippen LogP contribution in [0.15, 0.2) is 0 Å². The Kier molecular flexibility index (Phi) is 2.62. The Balaban J connectivity index is 1.54. The van der Waals surface area contributed by atoms with Crippen molar-refractivity contribution in [3.05, 3.63) is 0 Å². The van der Waals surface area contributed by atoms with Crippen molar-refractivity contribution in [2.45, 2.75) is 43.6 Å². The summed E-state index contributed by atoms with van der Waals surface area (Å²) in [5.41, 5.74) is 0. The van der Waals surface area contributed by atoms with Crippen LogP contribution in [0.1, 0.15) is 19.3 Å². The van der Waals surface area contributed by atoms with E-state index in [1.165, 1.54) is 6.42 Å². The summed E-state index contributed by atoms with van der Waals surface area (Å²) < 4.78 is 5.71. The molecule has 84 valence electrons. The van der Waals surface area contributed by atoms with Crippen molar-refractivity contribution in [1.82, 2.24) is 10.6 Å². The van der Waals surface area contributed by atoms with Crippen LogP contribution in [-0.4, -0.2) is 41.8 Å². The highest BCUT2D eigenvalue weighted by molar-refractivity contribution is 7.99. The molecule has 0 radical (unpaired) electrons. The zero-order chi connectivity index (χ0) is 10.3. The minimum atomic E-state index is 0.00845. The summed E-state index contributed by atoms with van der Waals surface area (Å²) in [5.74, 6) is 1.94. The SMILES string of the molecule is O=C(NC1CC2CCC1O2)C1CSCN1. The Labute approximate surface area is 93.5 Å². The summed E-state index contributed by atoms with van der Waals surface area (Å²) in [6, 6.07) is 0.276. The van der Waals surface area contributed by atoms with E-state index in [1.807, 2.05) is 0 Å². The summed E-state index contributed by atoms with van der Waals surface area (Å²) in [5, 5.41) is 6.30. The molecule has 2 bridgehead atoms. The first kappa shape index (κ1) is 9.93. The van der Waals surface area contributed by atoms with Gasteiger partial charge in [0.2, 0.25) is 5.91 Å². The van der Waals surface area contributed by atoms with E-state index in [0.29, 0.717) is 6.10 Å². The van der Waals surface area contributed by atoms with Crippen LogP contribution in [0, 0.1) is 0 Å². The number of ether oxygens (including phenoxy) is 1. The number of hydrogen-bond donors (Lipinski definition) is 2. The third-order valence-corrected chi connectivity index (χ3v) is 4.41. The summed E-state index contributed by atoms with van der Waals surface area (Å²) in [6.07, 6.45) is 3.99. The first-order chi connectivity index (χ1) is 7.33. The van der Waals surface area contributed by atoms with Gasteiger partial charge in [0.25, 0.3) is 0 Å². The summed E-state index contributed by atoms with van der Waals surface area (Å²) in [7, 11) is 0. The molecule has 1 amide bonds. The maximum absolute atomic E-state index is 11.8. The van der Waals surface area contributed by atoms with Gasteiger partial charge in [-0.15, -0.1) is 11.8 Å². The molecule has 3 fully saturated rings. The molecule has 3 rings (SSSR count). The molecule has 0 saturated carbocycles. The Morgan fingerprint density at radius 1 is 1.47 bits per heavy atom. The van der Waals surface area contributed by atoms with Crippen molar-refractivity contribution in [3.8, 4) is 0 Å². The van der Waals surface area contributed by atoms with E-state index in [-0.39, 0.29) is 24.1 Å². The number of carbonyl (C=O) groups excluding carboxylic acids is 1. The maximum Gasteiger partial charge on any atom is 0.238 e. The quantitative estimate of drug-likeness (QED) is 0.703. The van der Waals surface area contributed by atoms with Gasteiger partial charge in [0, 0.05) is 11.6 Å². The number of rotatable bonds is 2. The number of carbonyl (C=O) groups is 1. The van der Waals surface area contributed by atoms with Crippen molar-refractivity contribution >= 4 is 17.7 Å². The molecule has 4 atom stereocenters. The Morgan fingerprint density at radius 3 is 3.00 bits per heavy atom. The fourth-order valence-corrected chi connectivity index (χ4v) is 3.58. The largest absolute Gasteiger partial charge is 0.373 e. The molecule has 0 spiro atoms. The number of hydrogen-bond acceptors (Lipinski definition) is 4. The second kappa shape index (κ2) is 3.96. The van der Waals surface area contributed by atoms with E-state index in [4.69, 9.17) is 4.74 Å². The van der Waals surface area contributed by atoms with Crippen LogP contribution in [0.2, 0.25) is 0 Å². The fraction of sp³-hybridized carbons (Fsp3) is 0.900. The van der Waals surface area contributed by atoms with Crippen LogP contribution in [0.5, 0.6) is 0 Å². The number of fused-ring (bicyclic) bond motifs is 2. The molecule has 5 heteroatoms. The molecule has 2 N–H and O–H groups in total. The van der Waals surface area contributed by atoms with Crippen molar-refractivity contribution in [3.63, 3.8) is 0 Å². The van der Waals surface area contributed by atoms with Crippen molar-refractivity contribution < 1.29 is 9.53 Å². The molecule has 4 unspecified atom stereocenters. The van der Waals surface area contributed by atoms with E-state index in [9.17, 15) is 4.79 Å². The van der Waals surface area contributed by atoms with Gasteiger partial charge in [0.1, 0.15) is 0 Å². The molecule has 0 aromatic rings. The van der Waals surface area contributed by atoms with Crippen molar-refractivity contribution in [1.29, 1.82) is 0 Å². The van der Waals surface area contributed by atoms with Gasteiger partial charge in [0.15, 0.2) is 0 Å². The normalized spacial score (nSPS) is 43.5. The average molecular weight is 228 g/mol. The van der Waals surface area contributed by atoms with E-state index < -0.39 is 0 Å². The zero-order valence-corrected chi connectivity index (χ0v) is 9.39. The molecule has 3 saturated heterocycles. The molecule has 3 heterocycles. The first-order valence-electron chi connectivity index (χ1n) is 5.60. The summed E-state index contributed by atoms with van der Waals surface area (Å²) >= 11 is 1.78. The van der Waals surface area contributed by atoms with Gasteiger partial charge >= 0.3 is 0 Å². The molecule has 15 heavy (non-hydrogen) atoms. The lowest BCUT2D eigenvalue weighted by Gasteiger charge is -2.21. The minimum absolute atomic E-state index is 0.00845. The average Bonchev–Trinajstić information content (AvgIpc) is 2.95. The zero-order valence-electron chi connectivity index (χ0n) is 8.57. The Bertz CT molecular complexity index is 268. The topological polar surface area (TPSA) is 50.4 Å². The van der Waals surface area contributed by atoms with E-state index >= 15 is 0 Å². The highest BCUT2D eigenvalue weighted by Gasteiger charge is 2.42. The lowest BCUT2D eigenvalue weighted by molar-refractivity contribution is -0.123. The maximum atomic E-state index is 11.8. The third kappa shape index (κ3) is 1.88. The van der Waals surface area contributed by atoms with E-state index in [2.05, 4.69) is 10.6 Å². The Hall–Kier alpha value is -0.260. The van der Waals surface area contributed by atoms with Gasteiger partial charge in [-0.25, -0.2) is 0 Å². The van der Waals surface area contributed by atoms with E-state index in [1.54, 1.807) is 11.8 Å². The van der Waals surface area contributed by atoms with Crippen molar-refractivity contribution in [2.24, 2.45) is 0 Å². The monoisotopic (exact) mass is 228 g/mol. The van der Waals surface area contributed by atoms with Gasteiger partial charge in [0.05, 0.1) is 24.3 Å². The minimum Gasteiger partial charge on any atom is -0.373 e. The third-order valence-electron chi connectivity index (χ3n) is 3.47. The number of amides is 1. The van der Waals surface area contributed by atoms with Gasteiger partial charge in [-0.1, -0.05) is 0 Å². The molecule has 0 aromatic heterocycles. The Morgan fingerprint density at radius 2 is 2.40 bits per heavy atom. The van der Waals surface area contributed by atoms with Gasteiger partial charge in [-0.05, 0) is 19.3 Å². The number of nitrogens with one attached hydrogen (secondary N) is 2. The molecule has 3 aliphatic rings.